The average Bonchev–Trinajstić information content (AvgIpc) is 2.96. The number of nitrogens with zero attached hydrogens (tertiary/aromatic N) is 1. The van der Waals surface area contributed by atoms with Gasteiger partial charge < -0.3 is 14.3 Å². The number of imidazole rings is 1. The van der Waals surface area contributed by atoms with E-state index in [1.165, 1.54) is 0 Å². The number of rotatable bonds is 3. The van der Waals surface area contributed by atoms with Crippen molar-refractivity contribution < 1.29 is 9.13 Å². The smallest absolute Gasteiger partial charge is 0.178 e. The maximum absolute atomic E-state index is 13.7. The molecule has 0 bridgehead atoms. The third-order valence-corrected chi connectivity index (χ3v) is 4.75. The molecular formula is C13H14FIN2OS. The van der Waals surface area contributed by atoms with Gasteiger partial charge in [-0.15, -0.1) is 0 Å². The largest absolute Gasteiger partial charge is 0.381 e. The van der Waals surface area contributed by atoms with Crippen molar-refractivity contribution in [3.05, 3.63) is 26.3 Å². The molecule has 0 spiro atoms. The molecule has 1 aliphatic rings. The van der Waals surface area contributed by atoms with Crippen LogP contribution in [0.2, 0.25) is 0 Å². The van der Waals surface area contributed by atoms with Crippen LogP contribution in [0, 0.1) is 20.1 Å². The van der Waals surface area contributed by atoms with E-state index in [9.17, 15) is 4.39 Å². The van der Waals surface area contributed by atoms with Crippen LogP contribution in [-0.2, 0) is 11.3 Å². The summed E-state index contributed by atoms with van der Waals surface area (Å²) in [7, 11) is 0. The number of hydrogen-bond acceptors (Lipinski definition) is 2. The van der Waals surface area contributed by atoms with Gasteiger partial charge in [0.05, 0.1) is 14.6 Å². The third kappa shape index (κ3) is 2.71. The molecule has 1 aliphatic heterocycles. The zero-order chi connectivity index (χ0) is 13.4. The van der Waals surface area contributed by atoms with Crippen molar-refractivity contribution in [2.75, 3.05) is 13.2 Å². The van der Waals surface area contributed by atoms with Gasteiger partial charge in [-0.3, -0.25) is 0 Å². The molecule has 1 N–H and O–H groups in total. The van der Waals surface area contributed by atoms with E-state index in [2.05, 4.69) is 4.98 Å². The Morgan fingerprint density at radius 2 is 2.37 bits per heavy atom. The van der Waals surface area contributed by atoms with Crippen LogP contribution in [0.1, 0.15) is 12.8 Å². The summed E-state index contributed by atoms with van der Waals surface area (Å²) < 4.78 is 22.3. The van der Waals surface area contributed by atoms with Gasteiger partial charge >= 0.3 is 0 Å². The van der Waals surface area contributed by atoms with Crippen LogP contribution in [-0.4, -0.2) is 22.8 Å². The molecule has 2 heterocycles. The molecule has 19 heavy (non-hydrogen) atoms. The molecule has 1 atom stereocenters. The first-order chi connectivity index (χ1) is 9.15. The number of ether oxygens (including phenoxy) is 1. The van der Waals surface area contributed by atoms with E-state index in [0.717, 1.165) is 43.6 Å². The standard InChI is InChI=1S/C13H14FIN2OS/c14-9-5-12-11(6-10(9)15)16-13(19)17(12)3-1-8-2-4-18-7-8/h5-6,8H,1-4,7H2,(H,16,19). The monoisotopic (exact) mass is 392 g/mol. The third-order valence-electron chi connectivity index (χ3n) is 3.60. The Hall–Kier alpha value is -0.470. The summed E-state index contributed by atoms with van der Waals surface area (Å²) in [6.45, 7) is 2.51. The Balaban J connectivity index is 1.91. The van der Waals surface area contributed by atoms with E-state index in [4.69, 9.17) is 17.0 Å². The van der Waals surface area contributed by atoms with Crippen molar-refractivity contribution >= 4 is 45.8 Å². The van der Waals surface area contributed by atoms with Crippen molar-refractivity contribution in [2.24, 2.45) is 5.92 Å². The van der Waals surface area contributed by atoms with Gasteiger partial charge in [0, 0.05) is 25.8 Å². The topological polar surface area (TPSA) is 29.9 Å². The quantitative estimate of drug-likeness (QED) is 0.635. The summed E-state index contributed by atoms with van der Waals surface area (Å²) in [5, 5.41) is 0. The minimum atomic E-state index is -0.194. The Bertz CT molecular complexity index is 660. The van der Waals surface area contributed by atoms with Gasteiger partial charge in [-0.2, -0.15) is 0 Å². The van der Waals surface area contributed by atoms with E-state index in [-0.39, 0.29) is 5.82 Å². The normalized spacial score (nSPS) is 19.4. The van der Waals surface area contributed by atoms with Crippen LogP contribution in [0.3, 0.4) is 0 Å². The number of nitrogens with one attached hydrogen (secondary N) is 1. The predicted molar refractivity (Wildman–Crippen MR) is 83.3 cm³/mol. The van der Waals surface area contributed by atoms with E-state index in [1.54, 1.807) is 12.1 Å². The first-order valence-electron chi connectivity index (χ1n) is 6.30. The lowest BCUT2D eigenvalue weighted by Crippen LogP contribution is -2.06. The number of aromatic amines is 1. The summed E-state index contributed by atoms with van der Waals surface area (Å²) in [6.07, 6.45) is 2.14. The second kappa shape index (κ2) is 5.49. The molecule has 0 aliphatic carbocycles. The fourth-order valence-electron chi connectivity index (χ4n) is 2.50. The Kier molecular flexibility index (Phi) is 3.91. The zero-order valence-corrected chi connectivity index (χ0v) is 13.3. The molecule has 0 radical (unpaired) electrons. The second-order valence-electron chi connectivity index (χ2n) is 4.88. The second-order valence-corrected chi connectivity index (χ2v) is 6.43. The van der Waals surface area contributed by atoms with Gasteiger partial charge in [0.15, 0.2) is 4.77 Å². The fraction of sp³-hybridized carbons (Fsp3) is 0.462. The molecule has 1 saturated heterocycles. The summed E-state index contributed by atoms with van der Waals surface area (Å²) in [6, 6.07) is 3.37. The highest BCUT2D eigenvalue weighted by Gasteiger charge is 2.16. The number of aromatic nitrogens is 2. The number of H-pyrrole nitrogens is 1. The predicted octanol–water partition coefficient (Wildman–Crippen LogP) is 3.87. The molecule has 3 nitrogen and oxygen atoms in total. The lowest BCUT2D eigenvalue weighted by atomic mass is 10.1. The van der Waals surface area contributed by atoms with Gasteiger partial charge in [0.25, 0.3) is 0 Å². The molecule has 1 unspecified atom stereocenters. The maximum atomic E-state index is 13.7. The first kappa shape index (κ1) is 13.5. The van der Waals surface area contributed by atoms with Gasteiger partial charge in [-0.05, 0) is 59.6 Å². The van der Waals surface area contributed by atoms with Crippen LogP contribution >= 0.6 is 34.8 Å². The SMILES string of the molecule is Fc1cc2c(cc1I)[nH]c(=S)n2CCC1CCOC1. The average molecular weight is 392 g/mol. The molecule has 0 saturated carbocycles. The van der Waals surface area contributed by atoms with Crippen molar-refractivity contribution in [3.63, 3.8) is 0 Å². The van der Waals surface area contributed by atoms with Gasteiger partial charge in [-0.25, -0.2) is 4.39 Å². The first-order valence-corrected chi connectivity index (χ1v) is 7.79. The lowest BCUT2D eigenvalue weighted by molar-refractivity contribution is 0.183. The minimum absolute atomic E-state index is 0.194. The van der Waals surface area contributed by atoms with Crippen LogP contribution < -0.4 is 0 Å². The minimum Gasteiger partial charge on any atom is -0.381 e. The van der Waals surface area contributed by atoms with Gasteiger partial charge in [-0.1, -0.05) is 0 Å². The van der Waals surface area contributed by atoms with Crippen LogP contribution in [0.4, 0.5) is 4.39 Å². The Morgan fingerprint density at radius 1 is 1.53 bits per heavy atom. The van der Waals surface area contributed by atoms with Crippen molar-refractivity contribution in [1.82, 2.24) is 9.55 Å². The fourth-order valence-corrected chi connectivity index (χ4v) is 3.26. The molecule has 3 rings (SSSR count). The van der Waals surface area contributed by atoms with Gasteiger partial charge in [0.2, 0.25) is 0 Å². The molecule has 102 valence electrons. The number of benzene rings is 1. The van der Waals surface area contributed by atoms with Crippen LogP contribution in [0.15, 0.2) is 12.1 Å². The van der Waals surface area contributed by atoms with E-state index >= 15 is 0 Å². The van der Waals surface area contributed by atoms with Crippen LogP contribution in [0.5, 0.6) is 0 Å². The molecule has 1 fully saturated rings. The maximum Gasteiger partial charge on any atom is 0.178 e. The molecule has 2 aromatic rings. The highest BCUT2D eigenvalue weighted by molar-refractivity contribution is 14.1. The Labute approximate surface area is 129 Å². The molecule has 1 aromatic carbocycles. The summed E-state index contributed by atoms with van der Waals surface area (Å²) >= 11 is 7.32. The Morgan fingerprint density at radius 3 is 3.11 bits per heavy atom. The zero-order valence-electron chi connectivity index (χ0n) is 10.3. The summed E-state index contributed by atoms with van der Waals surface area (Å²) in [5.74, 6) is 0.403. The molecule has 1 aromatic heterocycles. The number of fused-ring (bicyclic) bond motifs is 1. The van der Waals surface area contributed by atoms with E-state index in [0.29, 0.717) is 14.3 Å². The number of hydrogen-bond donors (Lipinski definition) is 1. The molecular weight excluding hydrogens is 378 g/mol. The highest BCUT2D eigenvalue weighted by atomic mass is 127. The summed E-state index contributed by atoms with van der Waals surface area (Å²) in [5.41, 5.74) is 1.75. The number of aryl methyl sites for hydroxylation is 1. The van der Waals surface area contributed by atoms with Crippen LogP contribution in [0.25, 0.3) is 11.0 Å². The van der Waals surface area contributed by atoms with Crippen molar-refractivity contribution in [2.45, 2.75) is 19.4 Å². The number of halogens is 2. The van der Waals surface area contributed by atoms with E-state index < -0.39 is 0 Å². The van der Waals surface area contributed by atoms with E-state index in [1.807, 2.05) is 27.2 Å². The summed E-state index contributed by atoms with van der Waals surface area (Å²) in [4.78, 5) is 3.15. The van der Waals surface area contributed by atoms with Crippen molar-refractivity contribution in [3.8, 4) is 0 Å². The molecule has 6 heteroatoms. The lowest BCUT2D eigenvalue weighted by Gasteiger charge is -2.09. The van der Waals surface area contributed by atoms with Crippen molar-refractivity contribution in [1.29, 1.82) is 0 Å². The molecule has 0 amide bonds. The van der Waals surface area contributed by atoms with Gasteiger partial charge in [0.1, 0.15) is 5.82 Å². The highest BCUT2D eigenvalue weighted by Crippen LogP contribution is 2.23.